The Kier molecular flexibility index (Phi) is 3.97. The summed E-state index contributed by atoms with van der Waals surface area (Å²) in [7, 11) is 5.24. The van der Waals surface area contributed by atoms with E-state index in [2.05, 4.69) is 4.99 Å². The van der Waals surface area contributed by atoms with E-state index in [0.717, 1.165) is 11.3 Å². The summed E-state index contributed by atoms with van der Waals surface area (Å²) in [6.45, 7) is 0.688. The number of benzene rings is 1. The van der Waals surface area contributed by atoms with Crippen molar-refractivity contribution in [3.8, 4) is 5.75 Å². The summed E-state index contributed by atoms with van der Waals surface area (Å²) in [5.74, 6) is 1.38. The molecule has 0 aromatic heterocycles. The predicted molar refractivity (Wildman–Crippen MR) is 62.0 cm³/mol. The lowest BCUT2D eigenvalue weighted by Gasteiger charge is -2.19. The van der Waals surface area contributed by atoms with E-state index >= 15 is 0 Å². The molecule has 1 aromatic rings. The summed E-state index contributed by atoms with van der Waals surface area (Å²) in [5, 5.41) is 0. The first-order chi connectivity index (χ1) is 7.19. The van der Waals surface area contributed by atoms with Gasteiger partial charge in [-0.2, -0.15) is 0 Å². The van der Waals surface area contributed by atoms with Gasteiger partial charge in [-0.05, 0) is 6.07 Å². The number of nitrogens with two attached hydrogens (primary N) is 1. The second-order valence-corrected chi connectivity index (χ2v) is 3.25. The van der Waals surface area contributed by atoms with Crippen LogP contribution in [0.25, 0.3) is 0 Å². The van der Waals surface area contributed by atoms with Crippen molar-refractivity contribution in [2.45, 2.75) is 6.54 Å². The van der Waals surface area contributed by atoms with E-state index in [1.165, 1.54) is 0 Å². The molecule has 4 nitrogen and oxygen atoms in total. The smallest absolute Gasteiger partial charge is 0.191 e. The first kappa shape index (κ1) is 11.4. The van der Waals surface area contributed by atoms with Crippen LogP contribution in [0.2, 0.25) is 0 Å². The molecule has 0 spiro atoms. The van der Waals surface area contributed by atoms with Gasteiger partial charge in [0.1, 0.15) is 5.75 Å². The number of ether oxygens (including phenoxy) is 1. The van der Waals surface area contributed by atoms with E-state index in [4.69, 9.17) is 10.5 Å². The second kappa shape index (κ2) is 5.24. The minimum atomic E-state index is 0.515. The molecule has 0 heterocycles. The van der Waals surface area contributed by atoms with Gasteiger partial charge in [0.2, 0.25) is 0 Å². The summed E-state index contributed by atoms with van der Waals surface area (Å²) in [6, 6.07) is 7.87. The first-order valence-corrected chi connectivity index (χ1v) is 4.74. The van der Waals surface area contributed by atoms with Crippen LogP contribution in [-0.4, -0.2) is 32.1 Å². The van der Waals surface area contributed by atoms with Crippen LogP contribution < -0.4 is 10.5 Å². The molecular weight excluding hydrogens is 190 g/mol. The average molecular weight is 207 g/mol. The zero-order valence-electron chi connectivity index (χ0n) is 9.40. The number of para-hydroxylation sites is 1. The fourth-order valence-electron chi connectivity index (χ4n) is 1.34. The fraction of sp³-hybridized carbons (Fsp3) is 0.364. The predicted octanol–water partition coefficient (Wildman–Crippen LogP) is 1.07. The lowest BCUT2D eigenvalue weighted by molar-refractivity contribution is 0.398. The van der Waals surface area contributed by atoms with Gasteiger partial charge in [0.05, 0.1) is 7.11 Å². The van der Waals surface area contributed by atoms with Crippen molar-refractivity contribution in [1.82, 2.24) is 4.90 Å². The molecule has 0 aliphatic carbocycles. The molecule has 0 bridgehead atoms. The van der Waals surface area contributed by atoms with Gasteiger partial charge in [0.25, 0.3) is 0 Å². The molecule has 15 heavy (non-hydrogen) atoms. The molecule has 0 saturated heterocycles. The summed E-state index contributed by atoms with van der Waals surface area (Å²) in [4.78, 5) is 5.79. The Hall–Kier alpha value is -1.71. The highest BCUT2D eigenvalue weighted by atomic mass is 16.5. The number of aliphatic imine (C=N–C) groups is 1. The van der Waals surface area contributed by atoms with Crippen LogP contribution in [0.5, 0.6) is 5.75 Å². The van der Waals surface area contributed by atoms with Gasteiger partial charge < -0.3 is 15.4 Å². The Balaban J connectivity index is 2.80. The molecule has 2 N–H and O–H groups in total. The number of nitrogens with zero attached hydrogens (tertiary/aromatic N) is 2. The number of methoxy groups -OCH3 is 1. The third-order valence-corrected chi connectivity index (χ3v) is 2.22. The Labute approximate surface area is 90.4 Å². The van der Waals surface area contributed by atoms with E-state index in [1.807, 2.05) is 36.2 Å². The summed E-state index contributed by atoms with van der Waals surface area (Å²) in [5.41, 5.74) is 6.78. The van der Waals surface area contributed by atoms with E-state index in [0.29, 0.717) is 12.5 Å². The Morgan fingerprint density at radius 2 is 2.13 bits per heavy atom. The molecule has 0 fully saturated rings. The van der Waals surface area contributed by atoms with Gasteiger partial charge in [-0.25, -0.2) is 0 Å². The molecular formula is C11H17N3O. The zero-order chi connectivity index (χ0) is 11.3. The number of guanidine groups is 1. The van der Waals surface area contributed by atoms with Crippen LogP contribution in [0.15, 0.2) is 29.3 Å². The van der Waals surface area contributed by atoms with Crippen molar-refractivity contribution < 1.29 is 4.74 Å². The van der Waals surface area contributed by atoms with Crippen LogP contribution in [0.3, 0.4) is 0 Å². The van der Waals surface area contributed by atoms with Crippen LogP contribution in [0, 0.1) is 0 Å². The molecule has 0 radical (unpaired) electrons. The van der Waals surface area contributed by atoms with Crippen molar-refractivity contribution in [3.63, 3.8) is 0 Å². The molecule has 0 saturated carbocycles. The Morgan fingerprint density at radius 1 is 1.47 bits per heavy atom. The number of rotatable bonds is 3. The zero-order valence-corrected chi connectivity index (χ0v) is 9.40. The van der Waals surface area contributed by atoms with Crippen LogP contribution >= 0.6 is 0 Å². The highest BCUT2D eigenvalue weighted by molar-refractivity contribution is 5.77. The van der Waals surface area contributed by atoms with E-state index in [9.17, 15) is 0 Å². The van der Waals surface area contributed by atoms with Crippen molar-refractivity contribution in [1.29, 1.82) is 0 Å². The molecule has 82 valence electrons. The summed E-state index contributed by atoms with van der Waals surface area (Å²) < 4.78 is 5.25. The number of hydrogen-bond acceptors (Lipinski definition) is 2. The van der Waals surface area contributed by atoms with Crippen molar-refractivity contribution in [2.75, 3.05) is 21.2 Å². The normalized spacial score (nSPS) is 11.3. The molecule has 0 aliphatic heterocycles. The van der Waals surface area contributed by atoms with Gasteiger partial charge in [-0.3, -0.25) is 4.99 Å². The van der Waals surface area contributed by atoms with Gasteiger partial charge in [0.15, 0.2) is 5.96 Å². The first-order valence-electron chi connectivity index (χ1n) is 4.74. The average Bonchev–Trinajstić information content (AvgIpc) is 2.28. The third kappa shape index (κ3) is 2.87. The maximum absolute atomic E-state index is 5.69. The quantitative estimate of drug-likeness (QED) is 0.596. The van der Waals surface area contributed by atoms with Crippen LogP contribution in [0.1, 0.15) is 5.56 Å². The lowest BCUT2D eigenvalue weighted by atomic mass is 10.2. The second-order valence-electron chi connectivity index (χ2n) is 3.25. The molecule has 1 rings (SSSR count). The topological polar surface area (TPSA) is 50.8 Å². The molecule has 4 heteroatoms. The molecule has 1 aromatic carbocycles. The molecule has 0 unspecified atom stereocenters. The van der Waals surface area contributed by atoms with Crippen molar-refractivity contribution in [3.05, 3.63) is 29.8 Å². The van der Waals surface area contributed by atoms with Crippen LogP contribution in [0.4, 0.5) is 0 Å². The molecule has 0 amide bonds. The maximum atomic E-state index is 5.69. The minimum absolute atomic E-state index is 0.515. The fourth-order valence-corrected chi connectivity index (χ4v) is 1.34. The van der Waals surface area contributed by atoms with Gasteiger partial charge in [-0.15, -0.1) is 0 Å². The van der Waals surface area contributed by atoms with E-state index in [-0.39, 0.29) is 0 Å². The summed E-state index contributed by atoms with van der Waals surface area (Å²) in [6.07, 6.45) is 0. The van der Waals surface area contributed by atoms with E-state index in [1.54, 1.807) is 14.2 Å². The minimum Gasteiger partial charge on any atom is -0.496 e. The molecule has 0 atom stereocenters. The van der Waals surface area contributed by atoms with Gasteiger partial charge >= 0.3 is 0 Å². The highest BCUT2D eigenvalue weighted by Crippen LogP contribution is 2.18. The number of hydrogen-bond donors (Lipinski definition) is 1. The lowest BCUT2D eigenvalue weighted by Crippen LogP contribution is -2.33. The maximum Gasteiger partial charge on any atom is 0.191 e. The summed E-state index contributed by atoms with van der Waals surface area (Å²) >= 11 is 0. The van der Waals surface area contributed by atoms with Crippen LogP contribution in [-0.2, 0) is 6.54 Å². The molecule has 0 aliphatic rings. The van der Waals surface area contributed by atoms with Crippen molar-refractivity contribution >= 4 is 5.96 Å². The Morgan fingerprint density at radius 3 is 2.73 bits per heavy atom. The standard InChI is InChI=1S/C11H17N3O/c1-13-11(12)14(2)8-9-6-4-5-7-10(9)15-3/h4-7H,8H2,1-3H3,(H2,12,13). The highest BCUT2D eigenvalue weighted by Gasteiger charge is 2.06. The van der Waals surface area contributed by atoms with E-state index < -0.39 is 0 Å². The van der Waals surface area contributed by atoms with Gasteiger partial charge in [0, 0.05) is 26.2 Å². The SMILES string of the molecule is CN=C(N)N(C)Cc1ccccc1OC. The Bertz CT molecular complexity index is 349. The third-order valence-electron chi connectivity index (χ3n) is 2.22. The van der Waals surface area contributed by atoms with Gasteiger partial charge in [-0.1, -0.05) is 18.2 Å². The largest absolute Gasteiger partial charge is 0.496 e. The monoisotopic (exact) mass is 207 g/mol. The van der Waals surface area contributed by atoms with Crippen molar-refractivity contribution in [2.24, 2.45) is 10.7 Å².